The van der Waals surface area contributed by atoms with Gasteiger partial charge in [-0.15, -0.1) is 0 Å². The molecule has 1 aliphatic rings. The molecular formula is C22H23F2N3O8. The summed E-state index contributed by atoms with van der Waals surface area (Å²) < 4.78 is 50.7. The molecule has 1 aromatic carbocycles. The van der Waals surface area contributed by atoms with Gasteiger partial charge in [0.1, 0.15) is 29.5 Å². The van der Waals surface area contributed by atoms with Gasteiger partial charge in [0.2, 0.25) is 0 Å². The summed E-state index contributed by atoms with van der Waals surface area (Å²) in [5.41, 5.74) is -0.619. The lowest BCUT2D eigenvalue weighted by Crippen LogP contribution is -2.40. The molecule has 3 N–H and O–H groups in total. The first kappa shape index (κ1) is 24.4. The number of furan rings is 1. The summed E-state index contributed by atoms with van der Waals surface area (Å²) in [5.74, 6) is -3.62. The monoisotopic (exact) mass is 495 g/mol. The summed E-state index contributed by atoms with van der Waals surface area (Å²) in [6, 6.07) is 4.47. The highest BCUT2D eigenvalue weighted by Gasteiger charge is 2.57. The Morgan fingerprint density at radius 3 is 2.71 bits per heavy atom. The highest BCUT2D eigenvalue weighted by molar-refractivity contribution is 5.86. The smallest absolute Gasteiger partial charge is 0.413 e. The van der Waals surface area contributed by atoms with E-state index in [1.807, 2.05) is 0 Å². The van der Waals surface area contributed by atoms with Crippen molar-refractivity contribution in [1.82, 2.24) is 9.55 Å². The van der Waals surface area contributed by atoms with Crippen LogP contribution in [0.15, 0.2) is 39.7 Å². The summed E-state index contributed by atoms with van der Waals surface area (Å²) in [7, 11) is 2.98. The minimum Gasteiger partial charge on any atom is -0.497 e. The van der Waals surface area contributed by atoms with E-state index in [0.29, 0.717) is 32.8 Å². The SMILES string of the molecule is COc1cc(OC)c2oc(COC(=O)Nc3ccn([C@@H]4C[C@H](CO)[C@@H](O)C4(F)F)c(=O)n3)cc2c1. The maximum atomic E-state index is 14.4. The largest absolute Gasteiger partial charge is 0.497 e. The second-order valence-electron chi connectivity index (χ2n) is 7.98. The number of halogens is 2. The third-order valence-corrected chi connectivity index (χ3v) is 5.85. The summed E-state index contributed by atoms with van der Waals surface area (Å²) >= 11 is 0. The van der Waals surface area contributed by atoms with Crippen molar-refractivity contribution in [1.29, 1.82) is 0 Å². The summed E-state index contributed by atoms with van der Waals surface area (Å²) in [4.78, 5) is 28.1. The van der Waals surface area contributed by atoms with Crippen LogP contribution >= 0.6 is 0 Å². The zero-order valence-corrected chi connectivity index (χ0v) is 18.7. The minimum absolute atomic E-state index is 0.215. The number of methoxy groups -OCH3 is 2. The lowest BCUT2D eigenvalue weighted by atomic mass is 10.1. The fraction of sp³-hybridized carbons (Fsp3) is 0.409. The highest BCUT2D eigenvalue weighted by Crippen LogP contribution is 2.46. The molecule has 0 saturated heterocycles. The number of hydrogen-bond donors (Lipinski definition) is 3. The fourth-order valence-corrected chi connectivity index (χ4v) is 4.04. The van der Waals surface area contributed by atoms with Crippen molar-refractivity contribution in [3.8, 4) is 11.5 Å². The van der Waals surface area contributed by atoms with E-state index in [2.05, 4.69) is 10.3 Å². The molecule has 1 aliphatic carbocycles. The van der Waals surface area contributed by atoms with Gasteiger partial charge in [0, 0.05) is 30.2 Å². The molecule has 1 amide bonds. The predicted molar refractivity (Wildman–Crippen MR) is 117 cm³/mol. The van der Waals surface area contributed by atoms with Crippen molar-refractivity contribution in [2.45, 2.75) is 31.1 Å². The number of nitrogens with zero attached hydrogens (tertiary/aromatic N) is 2. The van der Waals surface area contributed by atoms with E-state index in [9.17, 15) is 28.6 Å². The number of fused-ring (bicyclic) bond motifs is 1. The number of aliphatic hydroxyl groups excluding tert-OH is 2. The second-order valence-corrected chi connectivity index (χ2v) is 7.98. The topological polar surface area (TPSA) is 145 Å². The first-order valence-electron chi connectivity index (χ1n) is 10.5. The zero-order chi connectivity index (χ0) is 25.3. The van der Waals surface area contributed by atoms with Crippen molar-refractivity contribution < 1.29 is 42.4 Å². The van der Waals surface area contributed by atoms with E-state index >= 15 is 0 Å². The summed E-state index contributed by atoms with van der Waals surface area (Å²) in [5, 5.41) is 21.8. The van der Waals surface area contributed by atoms with Crippen LogP contribution in [-0.4, -0.2) is 58.7 Å². The van der Waals surface area contributed by atoms with Crippen LogP contribution in [0.5, 0.6) is 11.5 Å². The second kappa shape index (κ2) is 9.50. The van der Waals surface area contributed by atoms with Gasteiger partial charge >= 0.3 is 11.8 Å². The Labute approximate surface area is 196 Å². The van der Waals surface area contributed by atoms with Gasteiger partial charge in [-0.25, -0.2) is 18.4 Å². The van der Waals surface area contributed by atoms with Gasteiger partial charge < -0.3 is 28.8 Å². The van der Waals surface area contributed by atoms with E-state index in [-0.39, 0.29) is 18.8 Å². The first-order chi connectivity index (χ1) is 16.7. The number of benzene rings is 1. The van der Waals surface area contributed by atoms with Crippen molar-refractivity contribution in [3.63, 3.8) is 0 Å². The van der Waals surface area contributed by atoms with Crippen LogP contribution < -0.4 is 20.5 Å². The average Bonchev–Trinajstić information content (AvgIpc) is 3.35. The van der Waals surface area contributed by atoms with Gasteiger partial charge in [-0.05, 0) is 24.6 Å². The average molecular weight is 495 g/mol. The molecule has 188 valence electrons. The number of rotatable bonds is 7. The molecule has 0 unspecified atom stereocenters. The summed E-state index contributed by atoms with van der Waals surface area (Å²) in [6.07, 6.45) is -2.32. The molecule has 0 bridgehead atoms. The highest BCUT2D eigenvalue weighted by atomic mass is 19.3. The normalized spacial score (nSPS) is 21.1. The summed E-state index contributed by atoms with van der Waals surface area (Å²) in [6.45, 7) is -0.899. The fourth-order valence-electron chi connectivity index (χ4n) is 4.04. The number of carbonyl (C=O) groups is 1. The van der Waals surface area contributed by atoms with Crippen LogP contribution in [0.2, 0.25) is 0 Å². The van der Waals surface area contributed by atoms with E-state index in [0.717, 1.165) is 12.3 Å². The molecule has 0 radical (unpaired) electrons. The first-order valence-corrected chi connectivity index (χ1v) is 10.5. The Morgan fingerprint density at radius 1 is 1.31 bits per heavy atom. The van der Waals surface area contributed by atoms with Gasteiger partial charge in [0.25, 0.3) is 5.92 Å². The standard InChI is InChI=1S/C22H23F2N3O8/c1-32-13-5-11-6-14(35-18(11)15(8-13)33-2)10-34-21(31)26-17-3-4-27(20(30)25-17)16-7-12(9-28)19(29)22(16,23)24/h3-6,8,12,16,19,28-29H,7,9-10H2,1-2H3,(H,25,26,30,31)/t12-,16-,19-/m1/s1. The van der Waals surface area contributed by atoms with Gasteiger partial charge in [-0.2, -0.15) is 4.98 Å². The molecule has 2 heterocycles. The minimum atomic E-state index is -3.63. The molecule has 13 heteroatoms. The Hall–Kier alpha value is -3.71. The third kappa shape index (κ3) is 4.64. The maximum absolute atomic E-state index is 14.4. The molecule has 1 saturated carbocycles. The van der Waals surface area contributed by atoms with Crippen molar-refractivity contribution in [2.75, 3.05) is 26.1 Å². The van der Waals surface area contributed by atoms with Crippen molar-refractivity contribution >= 4 is 22.9 Å². The lowest BCUT2D eigenvalue weighted by molar-refractivity contribution is -0.123. The Bertz CT molecular complexity index is 1290. The number of anilines is 1. The lowest BCUT2D eigenvalue weighted by Gasteiger charge is -2.23. The quantitative estimate of drug-likeness (QED) is 0.449. The molecule has 2 aromatic heterocycles. The molecular weight excluding hydrogens is 472 g/mol. The molecule has 35 heavy (non-hydrogen) atoms. The van der Waals surface area contributed by atoms with E-state index < -0.39 is 42.4 Å². The van der Waals surface area contributed by atoms with Crippen LogP contribution in [-0.2, 0) is 11.3 Å². The van der Waals surface area contributed by atoms with Crippen LogP contribution in [0, 0.1) is 5.92 Å². The number of ether oxygens (including phenoxy) is 3. The number of carbonyl (C=O) groups excluding carboxylic acids is 1. The number of nitrogens with one attached hydrogen (secondary N) is 1. The third-order valence-electron chi connectivity index (χ3n) is 5.85. The van der Waals surface area contributed by atoms with Crippen molar-refractivity contribution in [3.05, 3.63) is 46.7 Å². The van der Waals surface area contributed by atoms with E-state index in [4.69, 9.17) is 18.6 Å². The Kier molecular flexibility index (Phi) is 6.63. The number of alkyl halides is 2. The number of aliphatic hydroxyl groups is 2. The van der Waals surface area contributed by atoms with E-state index in [1.54, 1.807) is 18.2 Å². The zero-order valence-electron chi connectivity index (χ0n) is 18.7. The molecule has 3 atom stereocenters. The number of amides is 1. The van der Waals surface area contributed by atoms with Crippen LogP contribution in [0.1, 0.15) is 18.2 Å². The molecule has 4 rings (SSSR count). The van der Waals surface area contributed by atoms with Gasteiger partial charge in [0.15, 0.2) is 17.9 Å². The molecule has 0 spiro atoms. The number of hydrogen-bond acceptors (Lipinski definition) is 9. The molecule has 3 aromatic rings. The van der Waals surface area contributed by atoms with Crippen LogP contribution in [0.4, 0.5) is 19.4 Å². The van der Waals surface area contributed by atoms with Gasteiger partial charge in [-0.1, -0.05) is 0 Å². The molecule has 11 nitrogen and oxygen atoms in total. The van der Waals surface area contributed by atoms with Crippen molar-refractivity contribution in [2.24, 2.45) is 5.92 Å². The van der Waals surface area contributed by atoms with Crippen LogP contribution in [0.3, 0.4) is 0 Å². The van der Waals surface area contributed by atoms with E-state index in [1.165, 1.54) is 14.2 Å². The Morgan fingerprint density at radius 2 is 2.09 bits per heavy atom. The predicted octanol–water partition coefficient (Wildman–Crippen LogP) is 2.30. The Balaban J connectivity index is 1.42. The number of aromatic nitrogens is 2. The van der Waals surface area contributed by atoms with Crippen LogP contribution in [0.25, 0.3) is 11.0 Å². The molecule has 0 aliphatic heterocycles. The molecule has 1 fully saturated rings. The maximum Gasteiger partial charge on any atom is 0.413 e. The van der Waals surface area contributed by atoms with Gasteiger partial charge in [-0.3, -0.25) is 9.88 Å². The van der Waals surface area contributed by atoms with Gasteiger partial charge in [0.05, 0.1) is 14.2 Å².